The molecule has 1 aromatic carbocycles. The number of alkyl halides is 1. The van der Waals surface area contributed by atoms with Crippen LogP contribution in [0.5, 0.6) is 0 Å². The molecule has 0 saturated carbocycles. The van der Waals surface area contributed by atoms with Gasteiger partial charge in [0, 0.05) is 4.47 Å². The van der Waals surface area contributed by atoms with E-state index in [1.165, 1.54) is 13.0 Å². The smallest absolute Gasteiger partial charge is 0.182 e. The van der Waals surface area contributed by atoms with E-state index in [1.807, 2.05) is 0 Å². The Morgan fingerprint density at radius 3 is 2.50 bits per heavy atom. The summed E-state index contributed by atoms with van der Waals surface area (Å²) in [5, 5.41) is 0. The van der Waals surface area contributed by atoms with Gasteiger partial charge in [-0.05, 0) is 35.0 Å². The minimum absolute atomic E-state index is 0.143. The number of benzene rings is 1. The second-order valence-electron chi connectivity index (χ2n) is 2.99. The van der Waals surface area contributed by atoms with Crippen molar-refractivity contribution in [1.82, 2.24) is 0 Å². The summed E-state index contributed by atoms with van der Waals surface area (Å²) in [7, 11) is -3.51. The van der Waals surface area contributed by atoms with Crippen LogP contribution in [-0.2, 0) is 9.84 Å². The quantitative estimate of drug-likeness (QED) is 0.853. The zero-order valence-electron chi connectivity index (χ0n) is 7.57. The highest BCUT2D eigenvalue weighted by molar-refractivity contribution is 9.10. The first kappa shape index (κ1) is 11.7. The summed E-state index contributed by atoms with van der Waals surface area (Å²) in [6, 6.07) is 6.40. The molecule has 0 amide bonds. The molecule has 0 fully saturated rings. The van der Waals surface area contributed by atoms with Crippen LogP contribution in [0.25, 0.3) is 0 Å². The molecule has 0 bridgehead atoms. The van der Waals surface area contributed by atoms with Gasteiger partial charge in [-0.15, -0.1) is 0 Å². The molecule has 5 heteroatoms. The fourth-order valence-electron chi connectivity index (χ4n) is 1.09. The van der Waals surface area contributed by atoms with Crippen LogP contribution in [0.15, 0.2) is 33.6 Å². The Balaban J connectivity index is 3.11. The molecule has 0 spiro atoms. The maximum absolute atomic E-state index is 12.6. The maximum Gasteiger partial charge on any atom is 0.182 e. The van der Waals surface area contributed by atoms with E-state index in [1.54, 1.807) is 18.2 Å². The van der Waals surface area contributed by atoms with Gasteiger partial charge in [0.05, 0.1) is 10.6 Å². The molecule has 1 aromatic rings. The summed E-state index contributed by atoms with van der Waals surface area (Å²) < 4.78 is 36.3. The summed E-state index contributed by atoms with van der Waals surface area (Å²) in [5.74, 6) is -0.477. The highest BCUT2D eigenvalue weighted by Gasteiger charge is 2.20. The molecule has 1 unspecified atom stereocenters. The number of sulfone groups is 1. The average Bonchev–Trinajstić information content (AvgIpc) is 2.02. The average molecular weight is 281 g/mol. The lowest BCUT2D eigenvalue weighted by atomic mass is 10.4. The van der Waals surface area contributed by atoms with Crippen LogP contribution in [0.3, 0.4) is 0 Å². The van der Waals surface area contributed by atoms with E-state index < -0.39 is 21.8 Å². The molecule has 0 saturated heterocycles. The van der Waals surface area contributed by atoms with E-state index in [9.17, 15) is 12.8 Å². The fourth-order valence-corrected chi connectivity index (χ4v) is 3.55. The van der Waals surface area contributed by atoms with E-state index >= 15 is 0 Å². The van der Waals surface area contributed by atoms with Crippen molar-refractivity contribution in [3.05, 3.63) is 28.7 Å². The molecule has 0 aromatic heterocycles. The third-order valence-corrected chi connectivity index (χ3v) is 4.50. The Kier molecular flexibility index (Phi) is 3.66. The molecule has 14 heavy (non-hydrogen) atoms. The van der Waals surface area contributed by atoms with Gasteiger partial charge in [0.2, 0.25) is 0 Å². The largest absolute Gasteiger partial charge is 0.247 e. The van der Waals surface area contributed by atoms with Crippen molar-refractivity contribution in [2.45, 2.75) is 18.0 Å². The molecule has 0 heterocycles. The summed E-state index contributed by atoms with van der Waals surface area (Å²) >= 11 is 3.12. The maximum atomic E-state index is 12.6. The van der Waals surface area contributed by atoms with E-state index in [2.05, 4.69) is 15.9 Å². The topological polar surface area (TPSA) is 34.1 Å². The third-order valence-electron chi connectivity index (χ3n) is 1.62. The third kappa shape index (κ3) is 2.78. The number of hydrogen-bond acceptors (Lipinski definition) is 2. The van der Waals surface area contributed by atoms with Crippen molar-refractivity contribution < 1.29 is 12.8 Å². The first-order valence-electron chi connectivity index (χ1n) is 4.05. The van der Waals surface area contributed by atoms with Gasteiger partial charge >= 0.3 is 0 Å². The highest BCUT2D eigenvalue weighted by atomic mass is 79.9. The molecular formula is C9H10BrFO2S. The highest BCUT2D eigenvalue weighted by Crippen LogP contribution is 2.22. The first-order chi connectivity index (χ1) is 6.43. The summed E-state index contributed by atoms with van der Waals surface area (Å²) in [4.78, 5) is 0.143. The second kappa shape index (κ2) is 4.40. The Labute approximate surface area is 91.2 Å². The predicted octanol–water partition coefficient (Wildman–Crippen LogP) is 2.58. The molecule has 2 nitrogen and oxygen atoms in total. The van der Waals surface area contributed by atoms with Crippen molar-refractivity contribution in [2.24, 2.45) is 0 Å². The summed E-state index contributed by atoms with van der Waals surface area (Å²) in [6.45, 7) is 1.23. The molecule has 1 atom stereocenters. The summed E-state index contributed by atoms with van der Waals surface area (Å²) in [6.07, 6.45) is -1.35. The zero-order chi connectivity index (χ0) is 10.8. The molecule has 0 N–H and O–H groups in total. The Bertz CT molecular complexity index is 415. The van der Waals surface area contributed by atoms with E-state index in [0.29, 0.717) is 4.47 Å². The second-order valence-corrected chi connectivity index (χ2v) is 5.85. The van der Waals surface area contributed by atoms with Gasteiger partial charge in [-0.3, -0.25) is 0 Å². The number of halogens is 2. The van der Waals surface area contributed by atoms with Crippen LogP contribution in [0, 0.1) is 0 Å². The van der Waals surface area contributed by atoms with Crippen LogP contribution in [0.1, 0.15) is 6.92 Å². The Hall–Kier alpha value is -0.420. The summed E-state index contributed by atoms with van der Waals surface area (Å²) in [5.41, 5.74) is 0. The molecule has 0 radical (unpaired) electrons. The monoisotopic (exact) mass is 280 g/mol. The number of rotatable bonds is 3. The van der Waals surface area contributed by atoms with E-state index in [-0.39, 0.29) is 4.90 Å². The minimum atomic E-state index is -3.51. The van der Waals surface area contributed by atoms with Gasteiger partial charge in [0.1, 0.15) is 6.17 Å². The van der Waals surface area contributed by atoms with Gasteiger partial charge in [0.15, 0.2) is 9.84 Å². The molecule has 0 aliphatic rings. The Morgan fingerprint density at radius 2 is 2.00 bits per heavy atom. The van der Waals surface area contributed by atoms with Crippen LogP contribution < -0.4 is 0 Å². The normalized spacial score (nSPS) is 13.9. The van der Waals surface area contributed by atoms with Gasteiger partial charge in [-0.2, -0.15) is 0 Å². The molecule has 78 valence electrons. The molecular weight excluding hydrogens is 271 g/mol. The lowest BCUT2D eigenvalue weighted by Crippen LogP contribution is -2.14. The molecule has 0 aliphatic carbocycles. The van der Waals surface area contributed by atoms with Crippen molar-refractivity contribution >= 4 is 25.8 Å². The van der Waals surface area contributed by atoms with Gasteiger partial charge in [0.25, 0.3) is 0 Å². The predicted molar refractivity (Wildman–Crippen MR) is 56.8 cm³/mol. The van der Waals surface area contributed by atoms with Crippen LogP contribution >= 0.6 is 15.9 Å². The van der Waals surface area contributed by atoms with Crippen LogP contribution in [-0.4, -0.2) is 20.3 Å². The van der Waals surface area contributed by atoms with Crippen LogP contribution in [0.2, 0.25) is 0 Å². The molecule has 1 rings (SSSR count). The zero-order valence-corrected chi connectivity index (χ0v) is 9.98. The Morgan fingerprint density at radius 1 is 1.43 bits per heavy atom. The fraction of sp³-hybridized carbons (Fsp3) is 0.333. The minimum Gasteiger partial charge on any atom is -0.247 e. The van der Waals surface area contributed by atoms with Crippen LogP contribution in [0.4, 0.5) is 4.39 Å². The standard InChI is InChI=1S/C9H10BrFO2S/c1-7(11)6-14(12,13)9-5-3-2-4-8(9)10/h2-5,7H,6H2,1H3. The number of hydrogen-bond donors (Lipinski definition) is 0. The SMILES string of the molecule is CC(F)CS(=O)(=O)c1ccccc1Br. The lowest BCUT2D eigenvalue weighted by molar-refractivity contribution is 0.391. The lowest BCUT2D eigenvalue weighted by Gasteiger charge is -2.06. The van der Waals surface area contributed by atoms with Crippen molar-refractivity contribution in [3.8, 4) is 0 Å². The first-order valence-corrected chi connectivity index (χ1v) is 6.49. The molecule has 0 aliphatic heterocycles. The van der Waals surface area contributed by atoms with Crippen molar-refractivity contribution in [2.75, 3.05) is 5.75 Å². The van der Waals surface area contributed by atoms with Crippen molar-refractivity contribution in [3.63, 3.8) is 0 Å². The van der Waals surface area contributed by atoms with E-state index in [0.717, 1.165) is 0 Å². The van der Waals surface area contributed by atoms with Gasteiger partial charge in [-0.25, -0.2) is 12.8 Å². The van der Waals surface area contributed by atoms with Crippen molar-refractivity contribution in [1.29, 1.82) is 0 Å². The van der Waals surface area contributed by atoms with E-state index in [4.69, 9.17) is 0 Å². The van der Waals surface area contributed by atoms with Gasteiger partial charge in [-0.1, -0.05) is 12.1 Å². The van der Waals surface area contributed by atoms with Gasteiger partial charge < -0.3 is 0 Å².